The number of para-hydroxylation sites is 1. The number of benzene rings is 2. The molecule has 0 unspecified atom stereocenters. The van der Waals surface area contributed by atoms with Crippen LogP contribution in [-0.4, -0.2) is 26.3 Å². The maximum atomic E-state index is 12.1. The molecule has 2 rings (SSSR count). The molecule has 1 amide bonds. The quantitative estimate of drug-likeness (QED) is 0.825. The first-order chi connectivity index (χ1) is 10.5. The summed E-state index contributed by atoms with van der Waals surface area (Å²) >= 11 is 1.49. The van der Waals surface area contributed by atoms with Crippen LogP contribution in [0.4, 0.5) is 5.69 Å². The Morgan fingerprint density at radius 1 is 1.05 bits per heavy atom. The Balaban J connectivity index is 2.02. The van der Waals surface area contributed by atoms with Gasteiger partial charge in [0.05, 0.1) is 11.4 Å². The summed E-state index contributed by atoms with van der Waals surface area (Å²) in [6, 6.07) is 16.1. The molecule has 0 aromatic heterocycles. The lowest BCUT2D eigenvalue weighted by Gasteiger charge is -2.09. The highest BCUT2D eigenvalue weighted by atomic mass is 32.2. The van der Waals surface area contributed by atoms with Gasteiger partial charge in [0.2, 0.25) is 5.91 Å². The van der Waals surface area contributed by atoms with Gasteiger partial charge in [-0.3, -0.25) is 4.79 Å². The van der Waals surface area contributed by atoms with Gasteiger partial charge in [-0.25, -0.2) is 8.42 Å². The van der Waals surface area contributed by atoms with Crippen LogP contribution in [0.1, 0.15) is 5.56 Å². The molecular formula is C16H17NO3S2. The van der Waals surface area contributed by atoms with Crippen molar-refractivity contribution < 1.29 is 13.2 Å². The van der Waals surface area contributed by atoms with E-state index in [1.54, 1.807) is 36.4 Å². The maximum Gasteiger partial charge on any atom is 0.239 e. The fraction of sp³-hybridized carbons (Fsp3) is 0.188. The normalized spacial score (nSPS) is 11.1. The van der Waals surface area contributed by atoms with Crippen LogP contribution in [0.15, 0.2) is 59.5 Å². The Morgan fingerprint density at radius 3 is 2.36 bits per heavy atom. The van der Waals surface area contributed by atoms with Crippen LogP contribution < -0.4 is 5.32 Å². The molecule has 116 valence electrons. The number of hydrogen-bond acceptors (Lipinski definition) is 4. The standard InChI is InChI=1S/C16H17NO3S2/c1-21-15-10-6-5-9-14(15)17-16(18)12-22(19,20)11-13-7-3-2-4-8-13/h2-10H,11-12H2,1H3,(H,17,18). The van der Waals surface area contributed by atoms with E-state index in [1.165, 1.54) is 11.8 Å². The summed E-state index contributed by atoms with van der Waals surface area (Å²) in [5.74, 6) is -1.17. The smallest absolute Gasteiger partial charge is 0.239 e. The highest BCUT2D eigenvalue weighted by Crippen LogP contribution is 2.24. The fourth-order valence-corrected chi connectivity index (χ4v) is 3.84. The Morgan fingerprint density at radius 2 is 1.68 bits per heavy atom. The van der Waals surface area contributed by atoms with Crippen LogP contribution in [0.5, 0.6) is 0 Å². The van der Waals surface area contributed by atoms with Crippen LogP contribution in [0, 0.1) is 0 Å². The molecule has 0 heterocycles. The van der Waals surface area contributed by atoms with Crippen molar-refractivity contribution in [3.8, 4) is 0 Å². The monoisotopic (exact) mass is 335 g/mol. The van der Waals surface area contributed by atoms with Gasteiger partial charge in [-0.1, -0.05) is 42.5 Å². The third-order valence-electron chi connectivity index (χ3n) is 2.96. The van der Waals surface area contributed by atoms with Gasteiger partial charge in [-0.15, -0.1) is 11.8 Å². The molecule has 0 saturated carbocycles. The van der Waals surface area contributed by atoms with E-state index < -0.39 is 21.5 Å². The zero-order valence-electron chi connectivity index (χ0n) is 12.2. The van der Waals surface area contributed by atoms with Gasteiger partial charge in [0.1, 0.15) is 5.75 Å². The van der Waals surface area contributed by atoms with E-state index >= 15 is 0 Å². The molecule has 6 heteroatoms. The second-order valence-electron chi connectivity index (χ2n) is 4.77. The molecule has 0 spiro atoms. The first kappa shape index (κ1) is 16.6. The average molecular weight is 335 g/mol. The molecule has 4 nitrogen and oxygen atoms in total. The molecule has 22 heavy (non-hydrogen) atoms. The highest BCUT2D eigenvalue weighted by molar-refractivity contribution is 7.98. The molecule has 2 aromatic rings. The van der Waals surface area contributed by atoms with E-state index in [1.807, 2.05) is 24.5 Å². The van der Waals surface area contributed by atoms with E-state index in [0.29, 0.717) is 11.3 Å². The molecule has 0 aliphatic rings. The number of amides is 1. The van der Waals surface area contributed by atoms with E-state index in [9.17, 15) is 13.2 Å². The van der Waals surface area contributed by atoms with Gasteiger partial charge in [-0.05, 0) is 24.0 Å². The van der Waals surface area contributed by atoms with Gasteiger partial charge < -0.3 is 5.32 Å². The molecule has 0 saturated heterocycles. The Labute approximate surface area is 134 Å². The fourth-order valence-electron chi connectivity index (χ4n) is 2.01. The minimum absolute atomic E-state index is 0.133. The largest absolute Gasteiger partial charge is 0.324 e. The molecule has 0 atom stereocenters. The highest BCUT2D eigenvalue weighted by Gasteiger charge is 2.18. The zero-order valence-corrected chi connectivity index (χ0v) is 13.8. The predicted octanol–water partition coefficient (Wildman–Crippen LogP) is 2.96. The topological polar surface area (TPSA) is 63.2 Å². The number of thioether (sulfide) groups is 1. The summed E-state index contributed by atoms with van der Waals surface area (Å²) in [5, 5.41) is 2.66. The molecule has 0 fully saturated rings. The lowest BCUT2D eigenvalue weighted by molar-refractivity contribution is -0.113. The van der Waals surface area contributed by atoms with Crippen molar-refractivity contribution in [2.75, 3.05) is 17.3 Å². The number of anilines is 1. The SMILES string of the molecule is CSc1ccccc1NC(=O)CS(=O)(=O)Cc1ccccc1. The molecule has 2 aromatic carbocycles. The number of nitrogens with one attached hydrogen (secondary N) is 1. The van der Waals surface area contributed by atoms with Crippen LogP contribution in [0.25, 0.3) is 0 Å². The second kappa shape index (κ2) is 7.47. The minimum Gasteiger partial charge on any atom is -0.324 e. The van der Waals surface area contributed by atoms with Crippen molar-refractivity contribution in [1.82, 2.24) is 0 Å². The van der Waals surface area contributed by atoms with Gasteiger partial charge in [-0.2, -0.15) is 0 Å². The van der Waals surface area contributed by atoms with Crippen LogP contribution in [0.2, 0.25) is 0 Å². The molecule has 1 N–H and O–H groups in total. The lowest BCUT2D eigenvalue weighted by atomic mass is 10.2. The van der Waals surface area contributed by atoms with Gasteiger partial charge in [0, 0.05) is 4.90 Å². The number of rotatable bonds is 6. The summed E-state index contributed by atoms with van der Waals surface area (Å²) in [5.41, 5.74) is 1.31. The molecular weight excluding hydrogens is 318 g/mol. The average Bonchev–Trinajstić information content (AvgIpc) is 2.47. The third kappa shape index (κ3) is 4.89. The van der Waals surface area contributed by atoms with E-state index in [-0.39, 0.29) is 5.75 Å². The van der Waals surface area contributed by atoms with Crippen molar-refractivity contribution in [2.24, 2.45) is 0 Å². The van der Waals surface area contributed by atoms with Gasteiger partial charge in [0.15, 0.2) is 9.84 Å². The number of hydrogen-bond donors (Lipinski definition) is 1. The third-order valence-corrected chi connectivity index (χ3v) is 5.23. The first-order valence-corrected chi connectivity index (χ1v) is 9.72. The Hall–Kier alpha value is -1.79. The lowest BCUT2D eigenvalue weighted by Crippen LogP contribution is -2.24. The Bertz CT molecular complexity index is 743. The molecule has 0 aliphatic heterocycles. The van der Waals surface area contributed by atoms with Crippen molar-refractivity contribution in [1.29, 1.82) is 0 Å². The van der Waals surface area contributed by atoms with Crippen LogP contribution in [0.3, 0.4) is 0 Å². The number of carbonyl (C=O) groups excluding carboxylic acids is 1. The van der Waals surface area contributed by atoms with E-state index in [2.05, 4.69) is 5.32 Å². The van der Waals surface area contributed by atoms with E-state index in [0.717, 1.165) is 4.90 Å². The summed E-state index contributed by atoms with van der Waals surface area (Å²) in [6.45, 7) is 0. The van der Waals surface area contributed by atoms with Crippen LogP contribution in [-0.2, 0) is 20.4 Å². The van der Waals surface area contributed by atoms with Crippen molar-refractivity contribution in [3.63, 3.8) is 0 Å². The first-order valence-electron chi connectivity index (χ1n) is 6.67. The van der Waals surface area contributed by atoms with Crippen molar-refractivity contribution >= 4 is 33.2 Å². The van der Waals surface area contributed by atoms with E-state index in [4.69, 9.17) is 0 Å². The summed E-state index contributed by atoms with van der Waals surface area (Å²) < 4.78 is 24.2. The van der Waals surface area contributed by atoms with Crippen molar-refractivity contribution in [3.05, 3.63) is 60.2 Å². The predicted molar refractivity (Wildman–Crippen MR) is 90.8 cm³/mol. The Kier molecular flexibility index (Phi) is 5.63. The van der Waals surface area contributed by atoms with Gasteiger partial charge in [0.25, 0.3) is 0 Å². The zero-order chi connectivity index (χ0) is 16.0. The summed E-state index contributed by atoms with van der Waals surface area (Å²) in [7, 11) is -3.49. The maximum absolute atomic E-state index is 12.1. The summed E-state index contributed by atoms with van der Waals surface area (Å²) in [6.07, 6.45) is 1.90. The molecule has 0 radical (unpaired) electrons. The second-order valence-corrected chi connectivity index (χ2v) is 7.68. The van der Waals surface area contributed by atoms with Crippen LogP contribution >= 0.6 is 11.8 Å². The molecule has 0 aliphatic carbocycles. The van der Waals surface area contributed by atoms with Crippen molar-refractivity contribution in [2.45, 2.75) is 10.6 Å². The summed E-state index contributed by atoms with van der Waals surface area (Å²) in [4.78, 5) is 12.9. The number of carbonyl (C=O) groups is 1. The molecule has 0 bridgehead atoms. The van der Waals surface area contributed by atoms with Gasteiger partial charge >= 0.3 is 0 Å². The number of sulfone groups is 1. The minimum atomic E-state index is -3.49.